The van der Waals surface area contributed by atoms with Crippen LogP contribution in [0.2, 0.25) is 0 Å². The van der Waals surface area contributed by atoms with Crippen molar-refractivity contribution in [1.82, 2.24) is 4.98 Å². The van der Waals surface area contributed by atoms with E-state index in [1.165, 1.54) is 12.3 Å². The van der Waals surface area contributed by atoms with Gasteiger partial charge in [0, 0.05) is 18.2 Å². The molecular formula is C11H11NO3. The van der Waals surface area contributed by atoms with Crippen molar-refractivity contribution in [2.75, 3.05) is 0 Å². The number of aromatic carboxylic acids is 1. The lowest BCUT2D eigenvalue weighted by molar-refractivity contribution is 0.0697. The molecule has 0 fully saturated rings. The Balaban J connectivity index is 2.70. The van der Waals surface area contributed by atoms with E-state index in [2.05, 4.69) is 4.98 Å². The van der Waals surface area contributed by atoms with Gasteiger partial charge in [0.05, 0.1) is 0 Å². The van der Waals surface area contributed by atoms with E-state index in [1.54, 1.807) is 6.07 Å². The number of carboxylic acids is 1. The highest BCUT2D eigenvalue weighted by Gasteiger charge is 2.15. The van der Waals surface area contributed by atoms with Crippen molar-refractivity contribution < 1.29 is 14.3 Å². The van der Waals surface area contributed by atoms with Crippen molar-refractivity contribution in [2.45, 2.75) is 19.8 Å². The van der Waals surface area contributed by atoms with E-state index < -0.39 is 5.97 Å². The third kappa shape index (κ3) is 1.58. The number of hydrogen-bond acceptors (Lipinski definition) is 3. The molecule has 0 aliphatic heterocycles. The maximum Gasteiger partial charge on any atom is 0.339 e. The highest BCUT2D eigenvalue weighted by Crippen LogP contribution is 2.25. The molecule has 0 radical (unpaired) electrons. The summed E-state index contributed by atoms with van der Waals surface area (Å²) in [5.41, 5.74) is 1.11. The molecule has 4 nitrogen and oxygen atoms in total. The summed E-state index contributed by atoms with van der Waals surface area (Å²) in [4.78, 5) is 15.0. The fourth-order valence-corrected chi connectivity index (χ4v) is 1.41. The Hall–Kier alpha value is -1.84. The highest BCUT2D eigenvalue weighted by atomic mass is 16.4. The van der Waals surface area contributed by atoms with Crippen LogP contribution in [0.5, 0.6) is 0 Å². The molecule has 1 N–H and O–H groups in total. The summed E-state index contributed by atoms with van der Waals surface area (Å²) in [6.45, 7) is 3.97. The molecule has 4 heteroatoms. The zero-order valence-electron chi connectivity index (χ0n) is 8.52. The molecule has 2 heterocycles. The molecule has 0 aliphatic carbocycles. The third-order valence-corrected chi connectivity index (χ3v) is 2.23. The van der Waals surface area contributed by atoms with Gasteiger partial charge in [-0.25, -0.2) is 4.79 Å². The average molecular weight is 205 g/mol. The zero-order valence-corrected chi connectivity index (χ0v) is 8.52. The van der Waals surface area contributed by atoms with Gasteiger partial charge in [-0.2, -0.15) is 0 Å². The van der Waals surface area contributed by atoms with Gasteiger partial charge in [-0.05, 0) is 6.07 Å². The molecule has 2 aromatic heterocycles. The summed E-state index contributed by atoms with van der Waals surface area (Å²) >= 11 is 0. The lowest BCUT2D eigenvalue weighted by Crippen LogP contribution is -1.96. The van der Waals surface area contributed by atoms with E-state index in [0.717, 1.165) is 5.76 Å². The topological polar surface area (TPSA) is 63.3 Å². The molecule has 0 spiro atoms. The second-order valence-corrected chi connectivity index (χ2v) is 3.68. The number of carbonyl (C=O) groups is 1. The molecular weight excluding hydrogens is 194 g/mol. The minimum atomic E-state index is -0.993. The van der Waals surface area contributed by atoms with Crippen LogP contribution >= 0.6 is 0 Å². The van der Waals surface area contributed by atoms with Gasteiger partial charge in [-0.3, -0.25) is 4.98 Å². The van der Waals surface area contributed by atoms with Gasteiger partial charge in [0.1, 0.15) is 16.8 Å². The molecule has 0 unspecified atom stereocenters. The van der Waals surface area contributed by atoms with Crippen LogP contribution in [0.1, 0.15) is 35.9 Å². The number of furan rings is 1. The summed E-state index contributed by atoms with van der Waals surface area (Å²) in [7, 11) is 0. The van der Waals surface area contributed by atoms with Crippen molar-refractivity contribution in [3.05, 3.63) is 29.7 Å². The standard InChI is InChI=1S/C11H11NO3/c1-6(2)9-5-8-10(15-9)7(11(13)14)3-4-12-8/h3-6H,1-2H3,(H,13,14). The average Bonchev–Trinajstić information content (AvgIpc) is 2.60. The van der Waals surface area contributed by atoms with Crippen molar-refractivity contribution in [2.24, 2.45) is 0 Å². The quantitative estimate of drug-likeness (QED) is 0.818. The van der Waals surface area contributed by atoms with E-state index in [4.69, 9.17) is 9.52 Å². The van der Waals surface area contributed by atoms with Gasteiger partial charge in [0.15, 0.2) is 5.58 Å². The van der Waals surface area contributed by atoms with E-state index in [-0.39, 0.29) is 11.5 Å². The van der Waals surface area contributed by atoms with Crippen LogP contribution in [0.3, 0.4) is 0 Å². The van der Waals surface area contributed by atoms with Gasteiger partial charge < -0.3 is 9.52 Å². The Kier molecular flexibility index (Phi) is 2.19. The van der Waals surface area contributed by atoms with Crippen LogP contribution < -0.4 is 0 Å². The van der Waals surface area contributed by atoms with Crippen molar-refractivity contribution >= 4 is 17.1 Å². The number of aromatic nitrogens is 1. The normalized spacial score (nSPS) is 11.1. The molecule has 0 atom stereocenters. The molecule has 0 amide bonds. The number of pyridine rings is 1. The summed E-state index contributed by atoms with van der Waals surface area (Å²) in [6.07, 6.45) is 1.48. The van der Waals surface area contributed by atoms with E-state index in [9.17, 15) is 4.79 Å². The fourth-order valence-electron chi connectivity index (χ4n) is 1.41. The van der Waals surface area contributed by atoms with Crippen molar-refractivity contribution in [1.29, 1.82) is 0 Å². The molecule has 0 aliphatic rings. The molecule has 15 heavy (non-hydrogen) atoms. The third-order valence-electron chi connectivity index (χ3n) is 2.23. The van der Waals surface area contributed by atoms with E-state index in [1.807, 2.05) is 13.8 Å². The second-order valence-electron chi connectivity index (χ2n) is 3.68. The summed E-state index contributed by atoms with van der Waals surface area (Å²) in [6, 6.07) is 3.23. The second kappa shape index (κ2) is 3.38. The highest BCUT2D eigenvalue weighted by molar-refractivity contribution is 5.99. The Labute approximate surface area is 86.5 Å². The molecule has 78 valence electrons. The van der Waals surface area contributed by atoms with Crippen molar-refractivity contribution in [3.8, 4) is 0 Å². The number of nitrogens with zero attached hydrogens (tertiary/aromatic N) is 1. The van der Waals surface area contributed by atoms with Crippen LogP contribution in [0.25, 0.3) is 11.1 Å². The summed E-state index contributed by atoms with van der Waals surface area (Å²) in [5, 5.41) is 8.94. The first kappa shape index (κ1) is 9.71. The maximum absolute atomic E-state index is 10.9. The van der Waals surface area contributed by atoms with Gasteiger partial charge in [-0.1, -0.05) is 13.8 Å². The van der Waals surface area contributed by atoms with Crippen LogP contribution in [0.15, 0.2) is 22.7 Å². The molecule has 2 aromatic rings. The Morgan fingerprint density at radius 1 is 1.53 bits per heavy atom. The molecule has 0 saturated carbocycles. The van der Waals surface area contributed by atoms with Crippen LogP contribution in [0, 0.1) is 0 Å². The Morgan fingerprint density at radius 2 is 2.27 bits per heavy atom. The predicted octanol–water partition coefficient (Wildman–Crippen LogP) is 2.65. The number of fused-ring (bicyclic) bond motifs is 1. The largest absolute Gasteiger partial charge is 0.478 e. The maximum atomic E-state index is 10.9. The first-order valence-corrected chi connectivity index (χ1v) is 4.71. The van der Waals surface area contributed by atoms with E-state index in [0.29, 0.717) is 11.1 Å². The van der Waals surface area contributed by atoms with Gasteiger partial charge >= 0.3 is 5.97 Å². The Bertz CT molecular complexity index is 514. The summed E-state index contributed by atoms with van der Waals surface area (Å²) in [5.74, 6) is -0.0147. The smallest absolute Gasteiger partial charge is 0.339 e. The molecule has 0 aromatic carbocycles. The molecule has 0 saturated heterocycles. The molecule has 2 rings (SSSR count). The first-order valence-electron chi connectivity index (χ1n) is 4.71. The van der Waals surface area contributed by atoms with E-state index >= 15 is 0 Å². The SMILES string of the molecule is CC(C)c1cc2nccc(C(=O)O)c2o1. The minimum Gasteiger partial charge on any atom is -0.478 e. The lowest BCUT2D eigenvalue weighted by atomic mass is 10.1. The van der Waals surface area contributed by atoms with Gasteiger partial charge in [0.25, 0.3) is 0 Å². The van der Waals surface area contributed by atoms with Crippen LogP contribution in [-0.2, 0) is 0 Å². The number of rotatable bonds is 2. The number of hydrogen-bond donors (Lipinski definition) is 1. The molecule has 0 bridgehead atoms. The monoisotopic (exact) mass is 205 g/mol. The first-order chi connectivity index (χ1) is 7.09. The predicted molar refractivity (Wildman–Crippen MR) is 55.1 cm³/mol. The minimum absolute atomic E-state index is 0.159. The van der Waals surface area contributed by atoms with Gasteiger partial charge in [-0.15, -0.1) is 0 Å². The summed E-state index contributed by atoms with van der Waals surface area (Å²) < 4.78 is 5.48. The number of carboxylic acid groups (broad SMARTS) is 1. The zero-order chi connectivity index (χ0) is 11.0. The van der Waals surface area contributed by atoms with Crippen molar-refractivity contribution in [3.63, 3.8) is 0 Å². The Morgan fingerprint density at radius 3 is 2.87 bits per heavy atom. The van der Waals surface area contributed by atoms with Crippen LogP contribution in [-0.4, -0.2) is 16.1 Å². The van der Waals surface area contributed by atoms with Crippen LogP contribution in [0.4, 0.5) is 0 Å². The van der Waals surface area contributed by atoms with Gasteiger partial charge in [0.2, 0.25) is 0 Å². The fraction of sp³-hybridized carbons (Fsp3) is 0.273. The lowest BCUT2D eigenvalue weighted by Gasteiger charge is -1.97.